The Labute approximate surface area is 142 Å². The van der Waals surface area contributed by atoms with Crippen molar-refractivity contribution in [3.05, 3.63) is 46.8 Å². The molecular formula is C17H16F3N3O2. The highest BCUT2D eigenvalue weighted by molar-refractivity contribution is 5.94. The minimum Gasteiger partial charge on any atom is -0.376 e. The van der Waals surface area contributed by atoms with Crippen molar-refractivity contribution < 1.29 is 22.7 Å². The first-order valence-electron chi connectivity index (χ1n) is 8.10. The molecule has 0 spiro atoms. The summed E-state index contributed by atoms with van der Waals surface area (Å²) in [5.41, 5.74) is 0.750. The summed E-state index contributed by atoms with van der Waals surface area (Å²) in [6.45, 7) is 1.78. The average molecular weight is 351 g/mol. The molecule has 4 rings (SSSR count). The van der Waals surface area contributed by atoms with Gasteiger partial charge in [0.25, 0.3) is 5.91 Å². The first-order valence-corrected chi connectivity index (χ1v) is 8.10. The lowest BCUT2D eigenvalue weighted by Crippen LogP contribution is -2.41. The van der Waals surface area contributed by atoms with Gasteiger partial charge in [-0.25, -0.2) is 4.68 Å². The minimum atomic E-state index is -4.52. The van der Waals surface area contributed by atoms with Gasteiger partial charge in [0.2, 0.25) is 0 Å². The van der Waals surface area contributed by atoms with Crippen molar-refractivity contribution >= 4 is 5.91 Å². The number of carbonyl (C=O) groups is 1. The molecule has 132 valence electrons. The van der Waals surface area contributed by atoms with E-state index in [0.717, 1.165) is 19.5 Å². The van der Waals surface area contributed by atoms with E-state index in [4.69, 9.17) is 4.74 Å². The molecule has 0 bridgehead atoms. The van der Waals surface area contributed by atoms with Crippen LogP contribution in [-0.4, -0.2) is 40.3 Å². The number of ether oxygens (including phenoxy) is 1. The molecule has 0 saturated carbocycles. The highest BCUT2D eigenvalue weighted by atomic mass is 19.4. The van der Waals surface area contributed by atoms with E-state index in [1.165, 1.54) is 4.68 Å². The smallest absolute Gasteiger partial charge is 0.376 e. The lowest BCUT2D eigenvalue weighted by Gasteiger charge is -2.30. The fourth-order valence-electron chi connectivity index (χ4n) is 3.13. The second-order valence-corrected chi connectivity index (χ2v) is 6.18. The number of hydrogen-bond donors (Lipinski definition) is 0. The third kappa shape index (κ3) is 2.80. The maximum Gasteiger partial charge on any atom is 0.435 e. The van der Waals surface area contributed by atoms with Gasteiger partial charge in [0.05, 0.1) is 24.6 Å². The maximum atomic E-state index is 13.2. The zero-order valence-electron chi connectivity index (χ0n) is 13.3. The molecule has 2 aromatic rings. The SMILES string of the molecule is O=C(c1ccc(-n2nc(C(F)(F)F)c3c2CCOC3)cc1)N1CCC1. The van der Waals surface area contributed by atoms with Crippen molar-refractivity contribution in [1.29, 1.82) is 0 Å². The third-order valence-corrected chi connectivity index (χ3v) is 4.59. The molecule has 1 fully saturated rings. The Kier molecular flexibility index (Phi) is 3.79. The van der Waals surface area contributed by atoms with E-state index in [-0.39, 0.29) is 18.1 Å². The van der Waals surface area contributed by atoms with Crippen LogP contribution in [0.1, 0.15) is 33.7 Å². The molecule has 0 unspecified atom stereocenters. The van der Waals surface area contributed by atoms with E-state index in [9.17, 15) is 18.0 Å². The van der Waals surface area contributed by atoms with Crippen LogP contribution in [-0.2, 0) is 23.9 Å². The summed E-state index contributed by atoms with van der Waals surface area (Å²) in [6.07, 6.45) is -3.15. The summed E-state index contributed by atoms with van der Waals surface area (Å²) in [5.74, 6) is -0.0512. The van der Waals surface area contributed by atoms with Crippen LogP contribution in [0.3, 0.4) is 0 Å². The lowest BCUT2D eigenvalue weighted by atomic mass is 10.1. The molecule has 0 N–H and O–H groups in total. The Hall–Kier alpha value is -2.35. The van der Waals surface area contributed by atoms with E-state index >= 15 is 0 Å². The first-order chi connectivity index (χ1) is 11.9. The minimum absolute atomic E-state index is 0.0512. The zero-order chi connectivity index (χ0) is 17.6. The number of benzene rings is 1. The number of fused-ring (bicyclic) bond motifs is 1. The number of halogens is 3. The highest BCUT2D eigenvalue weighted by Crippen LogP contribution is 2.35. The summed E-state index contributed by atoms with van der Waals surface area (Å²) >= 11 is 0. The van der Waals surface area contributed by atoms with Gasteiger partial charge >= 0.3 is 6.18 Å². The van der Waals surface area contributed by atoms with Crippen LogP contribution in [0.25, 0.3) is 5.69 Å². The molecule has 0 aliphatic carbocycles. The summed E-state index contributed by atoms with van der Waals surface area (Å²) in [4.78, 5) is 13.9. The van der Waals surface area contributed by atoms with Crippen LogP contribution < -0.4 is 0 Å². The molecule has 1 amide bonds. The zero-order valence-corrected chi connectivity index (χ0v) is 13.3. The Morgan fingerprint density at radius 2 is 1.88 bits per heavy atom. The largest absolute Gasteiger partial charge is 0.435 e. The summed E-state index contributed by atoms with van der Waals surface area (Å²) < 4.78 is 46.2. The Bertz CT molecular complexity index is 808. The second-order valence-electron chi connectivity index (χ2n) is 6.18. The topological polar surface area (TPSA) is 47.4 Å². The predicted molar refractivity (Wildman–Crippen MR) is 82.4 cm³/mol. The van der Waals surface area contributed by atoms with Crippen molar-refractivity contribution in [3.63, 3.8) is 0 Å². The van der Waals surface area contributed by atoms with Gasteiger partial charge in [-0.05, 0) is 30.7 Å². The number of aromatic nitrogens is 2. The van der Waals surface area contributed by atoms with Gasteiger partial charge in [0, 0.05) is 30.6 Å². The van der Waals surface area contributed by atoms with Gasteiger partial charge in [0.1, 0.15) is 0 Å². The highest BCUT2D eigenvalue weighted by Gasteiger charge is 2.40. The van der Waals surface area contributed by atoms with Crippen molar-refractivity contribution in [2.45, 2.75) is 25.6 Å². The molecule has 2 aliphatic rings. The van der Waals surface area contributed by atoms with Crippen LogP contribution >= 0.6 is 0 Å². The van der Waals surface area contributed by atoms with Crippen molar-refractivity contribution in [2.24, 2.45) is 0 Å². The number of carbonyl (C=O) groups excluding carboxylic acids is 1. The van der Waals surface area contributed by atoms with Gasteiger partial charge in [-0.3, -0.25) is 4.79 Å². The first kappa shape index (κ1) is 16.1. The normalized spacial score (nSPS) is 17.2. The quantitative estimate of drug-likeness (QED) is 0.836. The molecule has 1 aromatic carbocycles. The van der Waals surface area contributed by atoms with Crippen LogP contribution in [0, 0.1) is 0 Å². The Balaban J connectivity index is 1.70. The molecule has 3 heterocycles. The van der Waals surface area contributed by atoms with Crippen LogP contribution in [0.5, 0.6) is 0 Å². The number of likely N-dealkylation sites (tertiary alicyclic amines) is 1. The lowest BCUT2D eigenvalue weighted by molar-refractivity contribution is -0.142. The number of rotatable bonds is 2. The monoisotopic (exact) mass is 351 g/mol. The van der Waals surface area contributed by atoms with E-state index in [2.05, 4.69) is 5.10 Å². The fraction of sp³-hybridized carbons (Fsp3) is 0.412. The standard InChI is InChI=1S/C17H16F3N3O2/c18-17(19,20)15-13-10-25-9-6-14(13)23(21-15)12-4-2-11(3-5-12)16(24)22-7-1-8-22/h2-5H,1,6-10H2. The van der Waals surface area contributed by atoms with Crippen molar-refractivity contribution in [2.75, 3.05) is 19.7 Å². The second kappa shape index (κ2) is 5.87. The van der Waals surface area contributed by atoms with Gasteiger partial charge in [-0.2, -0.15) is 18.3 Å². The molecule has 0 radical (unpaired) electrons. The van der Waals surface area contributed by atoms with Gasteiger partial charge in [0.15, 0.2) is 5.69 Å². The summed E-state index contributed by atoms with van der Waals surface area (Å²) in [7, 11) is 0. The van der Waals surface area contributed by atoms with Gasteiger partial charge < -0.3 is 9.64 Å². The molecule has 1 aromatic heterocycles. The molecule has 25 heavy (non-hydrogen) atoms. The number of hydrogen-bond acceptors (Lipinski definition) is 3. The number of alkyl halides is 3. The van der Waals surface area contributed by atoms with Crippen molar-refractivity contribution in [3.8, 4) is 5.69 Å². The predicted octanol–water partition coefficient (Wildman–Crippen LogP) is 2.81. The Morgan fingerprint density at radius 1 is 1.16 bits per heavy atom. The van der Waals surface area contributed by atoms with Gasteiger partial charge in [-0.1, -0.05) is 0 Å². The van der Waals surface area contributed by atoms with E-state index in [0.29, 0.717) is 30.0 Å². The van der Waals surface area contributed by atoms with Crippen LogP contribution in [0.15, 0.2) is 24.3 Å². The molecule has 5 nitrogen and oxygen atoms in total. The molecule has 0 atom stereocenters. The average Bonchev–Trinajstić information content (AvgIpc) is 2.93. The summed E-state index contributed by atoms with van der Waals surface area (Å²) in [6, 6.07) is 6.54. The van der Waals surface area contributed by atoms with E-state index in [1.54, 1.807) is 29.2 Å². The maximum absolute atomic E-state index is 13.2. The molecular weight excluding hydrogens is 335 g/mol. The Morgan fingerprint density at radius 3 is 2.48 bits per heavy atom. The fourth-order valence-corrected chi connectivity index (χ4v) is 3.13. The molecule has 2 aliphatic heterocycles. The number of amides is 1. The van der Waals surface area contributed by atoms with Crippen LogP contribution in [0.2, 0.25) is 0 Å². The van der Waals surface area contributed by atoms with E-state index in [1.807, 2.05) is 0 Å². The third-order valence-electron chi connectivity index (χ3n) is 4.59. The summed E-state index contributed by atoms with van der Waals surface area (Å²) in [5, 5.41) is 3.79. The van der Waals surface area contributed by atoms with E-state index < -0.39 is 11.9 Å². The van der Waals surface area contributed by atoms with Gasteiger partial charge in [-0.15, -0.1) is 0 Å². The number of nitrogens with zero attached hydrogens (tertiary/aromatic N) is 3. The molecule has 8 heteroatoms. The molecule has 1 saturated heterocycles. The van der Waals surface area contributed by atoms with Crippen molar-refractivity contribution in [1.82, 2.24) is 14.7 Å². The van der Waals surface area contributed by atoms with Crippen LogP contribution in [0.4, 0.5) is 13.2 Å².